The normalized spacial score (nSPS) is 17.2. The quantitative estimate of drug-likeness (QED) is 0.164. The van der Waals surface area contributed by atoms with E-state index in [0.29, 0.717) is 12.4 Å². The predicted octanol–water partition coefficient (Wildman–Crippen LogP) is 6.56. The molecule has 0 radical (unpaired) electrons. The third kappa shape index (κ3) is 9.34. The van der Waals surface area contributed by atoms with Gasteiger partial charge in [-0.05, 0) is 96.7 Å². The Kier molecular flexibility index (Phi) is 11.9. The fraction of sp³-hybridized carbons (Fsp3) is 0.429. The number of ether oxygens (including phenoxy) is 2. The molecule has 2 N–H and O–H groups in total. The maximum atomic E-state index is 16.7. The maximum Gasteiger partial charge on any atom is 0.492 e. The number of nitrogens with zero attached hydrogens (tertiary/aromatic N) is 2. The molecule has 3 aromatic carbocycles. The van der Waals surface area contributed by atoms with Crippen molar-refractivity contribution in [1.29, 1.82) is 0 Å². The number of likely N-dealkylation sites (tertiary alicyclic amines) is 1. The van der Waals surface area contributed by atoms with E-state index in [9.17, 15) is 31.2 Å². The number of rotatable bonds is 12. The van der Waals surface area contributed by atoms with Crippen molar-refractivity contribution in [2.24, 2.45) is 11.7 Å². The van der Waals surface area contributed by atoms with E-state index in [4.69, 9.17) is 15.2 Å². The highest BCUT2D eigenvalue weighted by atomic mass is 32.2. The molecule has 1 saturated heterocycles. The van der Waals surface area contributed by atoms with Crippen molar-refractivity contribution in [3.63, 3.8) is 0 Å². The Balaban J connectivity index is 1.52. The van der Waals surface area contributed by atoms with Crippen LogP contribution in [0.4, 0.5) is 22.0 Å². The first-order chi connectivity index (χ1) is 24.2. The van der Waals surface area contributed by atoms with Gasteiger partial charge in [0.25, 0.3) is 15.9 Å². The number of carbonyl (C=O) groups is 2. The number of carbonyl (C=O) groups excluding carboxylic acids is 2. The number of hydrogen-bond acceptors (Lipinski definition) is 8. The van der Waals surface area contributed by atoms with Gasteiger partial charge in [0.1, 0.15) is 17.2 Å². The highest BCUT2D eigenvalue weighted by molar-refractivity contribution is 7.89. The lowest BCUT2D eigenvalue weighted by molar-refractivity contribution is -0.239. The second-order valence-electron chi connectivity index (χ2n) is 12.6. The van der Waals surface area contributed by atoms with Crippen LogP contribution in [0.1, 0.15) is 50.5 Å². The summed E-state index contributed by atoms with van der Waals surface area (Å²) >= 11 is 0. The van der Waals surface area contributed by atoms with Crippen LogP contribution in [0.2, 0.25) is 0 Å². The van der Waals surface area contributed by atoms with Gasteiger partial charge >= 0.3 is 18.1 Å². The van der Waals surface area contributed by atoms with Gasteiger partial charge in [0.15, 0.2) is 0 Å². The molecule has 0 spiro atoms. The number of piperidine rings is 1. The molecule has 1 aliphatic heterocycles. The third-order valence-electron chi connectivity index (χ3n) is 8.83. The lowest BCUT2D eigenvalue weighted by Crippen LogP contribution is -2.60. The Morgan fingerprint density at radius 2 is 1.37 bits per heavy atom. The van der Waals surface area contributed by atoms with Crippen LogP contribution in [0.5, 0.6) is 17.2 Å². The molecule has 1 atom stereocenters. The van der Waals surface area contributed by atoms with Gasteiger partial charge in [0.2, 0.25) is 6.04 Å². The third-order valence-corrected chi connectivity index (χ3v) is 10.5. The van der Waals surface area contributed by atoms with E-state index in [2.05, 4.69) is 4.84 Å². The molecule has 5 rings (SSSR count). The first kappa shape index (κ1) is 38.0. The van der Waals surface area contributed by atoms with Gasteiger partial charge in [-0.1, -0.05) is 37.5 Å². The number of amides is 1. The molecule has 16 heteroatoms. The van der Waals surface area contributed by atoms with Crippen LogP contribution >= 0.6 is 0 Å². The van der Waals surface area contributed by atoms with Crippen LogP contribution in [0.25, 0.3) is 0 Å². The minimum Gasteiger partial charge on any atom is -0.493 e. The van der Waals surface area contributed by atoms with Crippen molar-refractivity contribution >= 4 is 21.9 Å². The molecule has 276 valence electrons. The molecule has 1 aliphatic carbocycles. The summed E-state index contributed by atoms with van der Waals surface area (Å²) in [5, 5.41) is 0. The molecule has 0 bridgehead atoms. The van der Waals surface area contributed by atoms with Crippen LogP contribution in [-0.4, -0.2) is 67.6 Å². The fourth-order valence-corrected chi connectivity index (χ4v) is 7.31. The Morgan fingerprint density at radius 3 is 1.96 bits per heavy atom. The number of hydrogen-bond donors (Lipinski definition) is 1. The number of para-hydroxylation sites is 1. The monoisotopic (exact) mass is 739 g/mol. The average Bonchev–Trinajstić information content (AvgIpc) is 3.11. The standard InChI is InChI=1S/C35H38F5N3O7S/c36-34(37,25-11-13-29(14-12-25)49-28-9-5-2-6-10-28)31(32(44)42-21-19-26(41)20-22-42)43(50-33(45)35(38,39)40)51(46,47)30-17-15-27(16-18-30)48-23-24-7-3-1-4-8-24/h2,5-6,9-18,24,26,31H,1,3-4,7-8,19-23,41H2/t31-/m0/s1. The van der Waals surface area contributed by atoms with Gasteiger partial charge in [0.05, 0.1) is 11.5 Å². The maximum absolute atomic E-state index is 16.7. The second kappa shape index (κ2) is 15.9. The second-order valence-corrected chi connectivity index (χ2v) is 14.3. The van der Waals surface area contributed by atoms with Gasteiger partial charge in [-0.3, -0.25) is 4.79 Å². The Bertz CT molecular complexity index is 1730. The average molecular weight is 740 g/mol. The SMILES string of the molecule is NC1CCN(C(=O)[C@H](N(OC(=O)C(F)(F)F)S(=O)(=O)c2ccc(OCC3CCCCC3)cc2)C(F)(F)c2ccc(Oc3ccccc3)cc2)CC1. The van der Waals surface area contributed by atoms with E-state index in [1.54, 1.807) is 30.3 Å². The Labute approximate surface area is 292 Å². The summed E-state index contributed by atoms with van der Waals surface area (Å²) in [5.41, 5.74) is 4.94. The van der Waals surface area contributed by atoms with Crippen LogP contribution in [0.3, 0.4) is 0 Å². The van der Waals surface area contributed by atoms with Crippen molar-refractivity contribution in [2.75, 3.05) is 19.7 Å². The minimum atomic E-state index is -5.82. The van der Waals surface area contributed by atoms with Gasteiger partial charge < -0.3 is 24.9 Å². The first-order valence-corrected chi connectivity index (χ1v) is 17.9. The van der Waals surface area contributed by atoms with Crippen molar-refractivity contribution in [3.8, 4) is 17.2 Å². The van der Waals surface area contributed by atoms with Crippen molar-refractivity contribution in [1.82, 2.24) is 9.37 Å². The smallest absolute Gasteiger partial charge is 0.492 e. The van der Waals surface area contributed by atoms with E-state index in [-0.39, 0.29) is 43.3 Å². The number of benzene rings is 3. The van der Waals surface area contributed by atoms with Crippen LogP contribution < -0.4 is 15.2 Å². The molecule has 1 amide bonds. The highest BCUT2D eigenvalue weighted by Gasteiger charge is 2.58. The molecule has 2 fully saturated rings. The predicted molar refractivity (Wildman–Crippen MR) is 174 cm³/mol. The van der Waals surface area contributed by atoms with Crippen molar-refractivity contribution in [2.45, 2.75) is 74.0 Å². The molecular formula is C35H38F5N3O7S. The fourth-order valence-electron chi connectivity index (χ4n) is 5.95. The molecular weight excluding hydrogens is 701 g/mol. The zero-order valence-corrected chi connectivity index (χ0v) is 28.3. The summed E-state index contributed by atoms with van der Waals surface area (Å²) in [6.45, 7) is -0.0615. The number of hydroxylamine groups is 1. The van der Waals surface area contributed by atoms with Crippen LogP contribution in [0.15, 0.2) is 83.8 Å². The zero-order chi connectivity index (χ0) is 36.8. The topological polar surface area (TPSA) is 128 Å². The molecule has 10 nitrogen and oxygen atoms in total. The van der Waals surface area contributed by atoms with Crippen molar-refractivity contribution < 1.29 is 54.3 Å². The van der Waals surface area contributed by atoms with Crippen LogP contribution in [-0.2, 0) is 30.4 Å². The molecule has 51 heavy (non-hydrogen) atoms. The summed E-state index contributed by atoms with van der Waals surface area (Å²) in [5.74, 6) is -8.32. The van der Waals surface area contributed by atoms with Gasteiger partial charge in [-0.15, -0.1) is 0 Å². The zero-order valence-electron chi connectivity index (χ0n) is 27.4. The highest BCUT2D eigenvalue weighted by Crippen LogP contribution is 2.40. The first-order valence-electron chi connectivity index (χ1n) is 16.5. The van der Waals surface area contributed by atoms with E-state index in [0.717, 1.165) is 73.4 Å². The van der Waals surface area contributed by atoms with E-state index >= 15 is 8.78 Å². The lowest BCUT2D eigenvalue weighted by Gasteiger charge is -2.38. The lowest BCUT2D eigenvalue weighted by atomic mass is 9.90. The summed E-state index contributed by atoms with van der Waals surface area (Å²) in [7, 11) is -5.58. The number of sulfonamides is 1. The Hall–Kier alpha value is -4.28. The molecule has 0 unspecified atom stereocenters. The Morgan fingerprint density at radius 1 is 0.804 bits per heavy atom. The molecule has 3 aromatic rings. The summed E-state index contributed by atoms with van der Waals surface area (Å²) in [4.78, 5) is 30.5. The number of alkyl halides is 5. The largest absolute Gasteiger partial charge is 0.493 e. The molecule has 1 heterocycles. The summed E-state index contributed by atoms with van der Waals surface area (Å²) in [6, 6.07) is 12.7. The van der Waals surface area contributed by atoms with Gasteiger partial charge in [-0.25, -0.2) is 13.2 Å². The molecule has 2 aliphatic rings. The molecule has 1 saturated carbocycles. The number of halogens is 5. The van der Waals surface area contributed by atoms with Crippen molar-refractivity contribution in [3.05, 3.63) is 84.4 Å². The van der Waals surface area contributed by atoms with Gasteiger partial charge in [-0.2, -0.15) is 22.0 Å². The van der Waals surface area contributed by atoms with Crippen LogP contribution in [0, 0.1) is 5.92 Å². The summed E-state index contributed by atoms with van der Waals surface area (Å²) in [6.07, 6.45) is -0.374. The van der Waals surface area contributed by atoms with Gasteiger partial charge in [0, 0.05) is 24.7 Å². The molecule has 0 aromatic heterocycles. The van der Waals surface area contributed by atoms with E-state index in [1.165, 1.54) is 12.1 Å². The van der Waals surface area contributed by atoms with E-state index in [1.807, 2.05) is 0 Å². The summed E-state index contributed by atoms with van der Waals surface area (Å²) < 4.78 is 113. The number of nitrogens with two attached hydrogens (primary N) is 1. The van der Waals surface area contributed by atoms with E-state index < -0.39 is 61.0 Å². The minimum absolute atomic E-state index is 0.0902.